The number of nitrogens with zero attached hydrogens (tertiary/aromatic N) is 2. The van der Waals surface area contributed by atoms with Crippen molar-refractivity contribution < 1.29 is 9.47 Å². The summed E-state index contributed by atoms with van der Waals surface area (Å²) in [7, 11) is 0. The van der Waals surface area contributed by atoms with Gasteiger partial charge in [0.15, 0.2) is 5.96 Å². The zero-order valence-corrected chi connectivity index (χ0v) is 13.4. The lowest BCUT2D eigenvalue weighted by Crippen LogP contribution is -2.53. The number of morpholine rings is 1. The Labute approximate surface area is 128 Å². The minimum Gasteiger partial charge on any atom is -0.375 e. The molecule has 2 aliphatic heterocycles. The third kappa shape index (κ3) is 5.00. The number of guanidine groups is 1. The number of hydrogen-bond acceptors (Lipinski definition) is 3. The first-order valence-corrected chi connectivity index (χ1v) is 8.22. The Kier molecular flexibility index (Phi) is 7.03. The number of allylic oxidation sites excluding steroid dienone is 1. The molecule has 2 rings (SSSR count). The third-order valence-electron chi connectivity index (χ3n) is 3.90. The summed E-state index contributed by atoms with van der Waals surface area (Å²) < 4.78 is 11.7. The van der Waals surface area contributed by atoms with Gasteiger partial charge in [0.1, 0.15) is 6.10 Å². The maximum atomic E-state index is 5.90. The molecule has 2 fully saturated rings. The Morgan fingerprint density at radius 2 is 2.19 bits per heavy atom. The molecule has 0 saturated carbocycles. The first kappa shape index (κ1) is 16.3. The van der Waals surface area contributed by atoms with Gasteiger partial charge in [0.25, 0.3) is 0 Å². The van der Waals surface area contributed by atoms with Crippen molar-refractivity contribution in [2.24, 2.45) is 4.99 Å². The van der Waals surface area contributed by atoms with E-state index in [4.69, 9.17) is 14.5 Å². The molecule has 1 N–H and O–H groups in total. The van der Waals surface area contributed by atoms with E-state index in [9.17, 15) is 0 Å². The first-order valence-electron chi connectivity index (χ1n) is 8.22. The van der Waals surface area contributed by atoms with Gasteiger partial charge in [-0.1, -0.05) is 12.2 Å². The molecule has 2 saturated heterocycles. The van der Waals surface area contributed by atoms with Gasteiger partial charge in [-0.15, -0.1) is 0 Å². The van der Waals surface area contributed by atoms with Crippen LogP contribution in [0.15, 0.2) is 17.1 Å². The van der Waals surface area contributed by atoms with E-state index in [2.05, 4.69) is 29.3 Å². The molecule has 120 valence electrons. The van der Waals surface area contributed by atoms with E-state index in [-0.39, 0.29) is 12.2 Å². The van der Waals surface area contributed by atoms with Gasteiger partial charge >= 0.3 is 0 Å². The van der Waals surface area contributed by atoms with Crippen LogP contribution < -0.4 is 5.32 Å². The average molecular weight is 295 g/mol. The summed E-state index contributed by atoms with van der Waals surface area (Å²) in [6.45, 7) is 9.28. The van der Waals surface area contributed by atoms with Crippen LogP contribution in [0, 0.1) is 0 Å². The normalized spacial score (nSPS) is 27.5. The zero-order valence-electron chi connectivity index (χ0n) is 13.4. The van der Waals surface area contributed by atoms with Gasteiger partial charge in [-0.05, 0) is 33.1 Å². The van der Waals surface area contributed by atoms with Gasteiger partial charge < -0.3 is 19.7 Å². The Hall–Kier alpha value is -1.07. The molecule has 2 heterocycles. The molecule has 5 nitrogen and oxygen atoms in total. The predicted molar refractivity (Wildman–Crippen MR) is 85.7 cm³/mol. The van der Waals surface area contributed by atoms with Crippen molar-refractivity contribution in [1.82, 2.24) is 10.2 Å². The molecule has 0 amide bonds. The highest BCUT2D eigenvalue weighted by molar-refractivity contribution is 5.80. The molecule has 5 heteroatoms. The van der Waals surface area contributed by atoms with Crippen LogP contribution in [-0.2, 0) is 9.47 Å². The SMILES string of the molecule is C/C=C/CCN=C(NCC)N1CCOC(C2CCCO2)C1. The van der Waals surface area contributed by atoms with Crippen LogP contribution in [0.4, 0.5) is 0 Å². The summed E-state index contributed by atoms with van der Waals surface area (Å²) in [6, 6.07) is 0. The van der Waals surface area contributed by atoms with Gasteiger partial charge in [0, 0.05) is 32.8 Å². The van der Waals surface area contributed by atoms with E-state index in [1.54, 1.807) is 0 Å². The van der Waals surface area contributed by atoms with Gasteiger partial charge in [0.2, 0.25) is 0 Å². The Morgan fingerprint density at radius 1 is 1.33 bits per heavy atom. The Morgan fingerprint density at radius 3 is 2.90 bits per heavy atom. The van der Waals surface area contributed by atoms with Crippen molar-refractivity contribution in [1.29, 1.82) is 0 Å². The van der Waals surface area contributed by atoms with Crippen LogP contribution in [0.3, 0.4) is 0 Å². The molecule has 0 spiro atoms. The molecule has 0 radical (unpaired) electrons. The Bertz CT molecular complexity index is 351. The van der Waals surface area contributed by atoms with E-state index in [1.165, 1.54) is 0 Å². The molecule has 2 unspecified atom stereocenters. The van der Waals surface area contributed by atoms with Crippen molar-refractivity contribution in [3.8, 4) is 0 Å². The van der Waals surface area contributed by atoms with Crippen LogP contribution >= 0.6 is 0 Å². The number of ether oxygens (including phenoxy) is 2. The minimum atomic E-state index is 0.181. The molecule has 21 heavy (non-hydrogen) atoms. The van der Waals surface area contributed by atoms with Crippen molar-refractivity contribution in [2.75, 3.05) is 39.4 Å². The summed E-state index contributed by atoms with van der Waals surface area (Å²) in [6.07, 6.45) is 7.94. The molecular formula is C16H29N3O2. The highest BCUT2D eigenvalue weighted by atomic mass is 16.5. The number of hydrogen-bond donors (Lipinski definition) is 1. The monoisotopic (exact) mass is 295 g/mol. The summed E-state index contributed by atoms with van der Waals surface area (Å²) in [5.74, 6) is 1.01. The number of nitrogens with one attached hydrogen (secondary N) is 1. The molecule has 2 aliphatic rings. The lowest BCUT2D eigenvalue weighted by atomic mass is 10.1. The van der Waals surface area contributed by atoms with Crippen LogP contribution in [0.2, 0.25) is 0 Å². The van der Waals surface area contributed by atoms with Crippen molar-refractivity contribution >= 4 is 5.96 Å². The van der Waals surface area contributed by atoms with Gasteiger partial charge in [-0.25, -0.2) is 0 Å². The first-order chi connectivity index (χ1) is 10.3. The fourth-order valence-electron chi connectivity index (χ4n) is 2.83. The van der Waals surface area contributed by atoms with Gasteiger partial charge in [0.05, 0.1) is 12.7 Å². The second kappa shape index (κ2) is 9.05. The van der Waals surface area contributed by atoms with Crippen molar-refractivity contribution in [2.45, 2.75) is 45.3 Å². The molecule has 2 atom stereocenters. The maximum Gasteiger partial charge on any atom is 0.194 e. The predicted octanol–water partition coefficient (Wildman–Crippen LogP) is 1.80. The van der Waals surface area contributed by atoms with Gasteiger partial charge in [-0.3, -0.25) is 4.99 Å². The highest BCUT2D eigenvalue weighted by Gasteiger charge is 2.32. The molecule has 0 aromatic carbocycles. The molecule has 0 bridgehead atoms. The van der Waals surface area contributed by atoms with Crippen molar-refractivity contribution in [3.63, 3.8) is 0 Å². The van der Waals surface area contributed by atoms with E-state index < -0.39 is 0 Å². The number of rotatable bonds is 5. The van der Waals surface area contributed by atoms with E-state index in [0.717, 1.165) is 64.6 Å². The topological polar surface area (TPSA) is 46.1 Å². The van der Waals surface area contributed by atoms with E-state index in [1.807, 2.05) is 6.92 Å². The largest absolute Gasteiger partial charge is 0.375 e. The highest BCUT2D eigenvalue weighted by Crippen LogP contribution is 2.21. The molecule has 0 aliphatic carbocycles. The quantitative estimate of drug-likeness (QED) is 0.364. The minimum absolute atomic E-state index is 0.181. The van der Waals surface area contributed by atoms with Crippen LogP contribution in [-0.4, -0.2) is 62.5 Å². The fourth-order valence-corrected chi connectivity index (χ4v) is 2.83. The van der Waals surface area contributed by atoms with Crippen LogP contribution in [0.5, 0.6) is 0 Å². The maximum absolute atomic E-state index is 5.90. The standard InChI is InChI=1S/C16H29N3O2/c1-3-5-6-9-18-16(17-4-2)19-10-12-21-15(13-19)14-8-7-11-20-14/h3,5,14-15H,4,6-13H2,1-2H3,(H,17,18)/b5-3+. The molecule has 0 aromatic rings. The summed E-state index contributed by atoms with van der Waals surface area (Å²) in [4.78, 5) is 7.03. The van der Waals surface area contributed by atoms with Crippen LogP contribution in [0.25, 0.3) is 0 Å². The van der Waals surface area contributed by atoms with E-state index in [0.29, 0.717) is 0 Å². The Balaban J connectivity index is 1.91. The average Bonchev–Trinajstić information content (AvgIpc) is 3.05. The summed E-state index contributed by atoms with van der Waals surface area (Å²) >= 11 is 0. The summed E-state index contributed by atoms with van der Waals surface area (Å²) in [5.41, 5.74) is 0. The molecule has 0 aromatic heterocycles. The smallest absolute Gasteiger partial charge is 0.194 e. The van der Waals surface area contributed by atoms with Gasteiger partial charge in [-0.2, -0.15) is 0 Å². The van der Waals surface area contributed by atoms with E-state index >= 15 is 0 Å². The van der Waals surface area contributed by atoms with Crippen LogP contribution in [0.1, 0.15) is 33.1 Å². The second-order valence-corrected chi connectivity index (χ2v) is 5.50. The second-order valence-electron chi connectivity index (χ2n) is 5.50. The third-order valence-corrected chi connectivity index (χ3v) is 3.90. The zero-order chi connectivity index (χ0) is 14.9. The number of aliphatic imine (C=N–C) groups is 1. The lowest BCUT2D eigenvalue weighted by Gasteiger charge is -2.37. The fraction of sp³-hybridized carbons (Fsp3) is 0.812. The lowest BCUT2D eigenvalue weighted by molar-refractivity contribution is -0.0817. The molecular weight excluding hydrogens is 266 g/mol. The van der Waals surface area contributed by atoms with Crippen molar-refractivity contribution in [3.05, 3.63) is 12.2 Å². The summed E-state index contributed by atoms with van der Waals surface area (Å²) in [5, 5.41) is 3.40.